The van der Waals surface area contributed by atoms with Crippen LogP contribution in [0.15, 0.2) is 18.2 Å². The number of hydrogen-bond acceptors (Lipinski definition) is 4. The van der Waals surface area contributed by atoms with Crippen molar-refractivity contribution in [2.75, 3.05) is 25.2 Å². The van der Waals surface area contributed by atoms with Crippen LogP contribution in [0.3, 0.4) is 0 Å². The second-order valence-corrected chi connectivity index (χ2v) is 5.03. The van der Waals surface area contributed by atoms with Crippen LogP contribution >= 0.6 is 11.8 Å². The molecule has 0 saturated heterocycles. The van der Waals surface area contributed by atoms with E-state index in [2.05, 4.69) is 6.92 Å². The minimum atomic E-state index is -0.492. The zero-order chi connectivity index (χ0) is 12.7. The topological polar surface area (TPSA) is 38.7 Å². The summed E-state index contributed by atoms with van der Waals surface area (Å²) in [4.78, 5) is 0. The normalized spacial score (nSPS) is 12.2. The predicted molar refractivity (Wildman–Crippen MR) is 72.1 cm³/mol. The highest BCUT2D eigenvalue weighted by molar-refractivity contribution is 7.99. The van der Waals surface area contributed by atoms with Gasteiger partial charge in [0.25, 0.3) is 0 Å². The van der Waals surface area contributed by atoms with Gasteiger partial charge in [0.05, 0.1) is 19.8 Å². The van der Waals surface area contributed by atoms with Gasteiger partial charge in [-0.15, -0.1) is 0 Å². The maximum atomic E-state index is 9.48. The third-order valence-corrected chi connectivity index (χ3v) is 3.22. The molecular weight excluding hydrogens is 236 g/mol. The zero-order valence-corrected chi connectivity index (χ0v) is 11.4. The number of benzene rings is 1. The molecule has 4 heteroatoms. The number of aliphatic hydroxyl groups excluding tert-OH is 1. The van der Waals surface area contributed by atoms with Crippen LogP contribution < -0.4 is 9.47 Å². The van der Waals surface area contributed by atoms with E-state index in [1.54, 1.807) is 14.0 Å². The fraction of sp³-hybridized carbons (Fsp3) is 0.538. The second kappa shape index (κ2) is 7.45. The molecule has 1 rings (SSSR count). The predicted octanol–water partition coefficient (Wildman–Crippen LogP) is 2.88. The van der Waals surface area contributed by atoms with Crippen molar-refractivity contribution in [3.05, 3.63) is 23.8 Å². The fourth-order valence-electron chi connectivity index (χ4n) is 1.42. The van der Waals surface area contributed by atoms with Gasteiger partial charge in [-0.3, -0.25) is 0 Å². The van der Waals surface area contributed by atoms with Crippen LogP contribution in [0, 0.1) is 0 Å². The molecule has 1 N–H and O–H groups in total. The number of hydrogen-bond donors (Lipinski definition) is 1. The zero-order valence-electron chi connectivity index (χ0n) is 10.6. The average Bonchev–Trinajstić information content (AvgIpc) is 2.34. The summed E-state index contributed by atoms with van der Waals surface area (Å²) in [5, 5.41) is 9.48. The van der Waals surface area contributed by atoms with Crippen LogP contribution in [0.2, 0.25) is 0 Å². The van der Waals surface area contributed by atoms with Gasteiger partial charge in [0.15, 0.2) is 11.5 Å². The quantitative estimate of drug-likeness (QED) is 0.761. The first kappa shape index (κ1) is 14.2. The lowest BCUT2D eigenvalue weighted by Crippen LogP contribution is -2.02. The summed E-state index contributed by atoms with van der Waals surface area (Å²) in [5.74, 6) is 3.47. The fourth-order valence-corrected chi connectivity index (χ4v) is 1.91. The molecular formula is C13H20O3S. The van der Waals surface area contributed by atoms with Crippen molar-refractivity contribution in [3.63, 3.8) is 0 Å². The van der Waals surface area contributed by atoms with Gasteiger partial charge in [0, 0.05) is 5.75 Å². The lowest BCUT2D eigenvalue weighted by atomic mass is 10.1. The van der Waals surface area contributed by atoms with Crippen molar-refractivity contribution in [3.8, 4) is 11.5 Å². The molecule has 0 bridgehead atoms. The molecule has 0 aliphatic carbocycles. The highest BCUT2D eigenvalue weighted by Crippen LogP contribution is 2.30. The molecule has 0 aromatic heterocycles. The SMILES string of the molecule is CCSCCOc1ccc([C@@H](C)O)cc1OC. The summed E-state index contributed by atoms with van der Waals surface area (Å²) < 4.78 is 10.9. The van der Waals surface area contributed by atoms with Crippen molar-refractivity contribution in [2.24, 2.45) is 0 Å². The molecule has 0 radical (unpaired) electrons. The highest BCUT2D eigenvalue weighted by Gasteiger charge is 2.08. The molecule has 0 amide bonds. The molecule has 1 aromatic carbocycles. The summed E-state index contributed by atoms with van der Waals surface area (Å²) in [6.45, 7) is 4.53. The van der Waals surface area contributed by atoms with Gasteiger partial charge in [-0.2, -0.15) is 11.8 Å². The smallest absolute Gasteiger partial charge is 0.161 e. The molecule has 1 atom stereocenters. The van der Waals surface area contributed by atoms with Crippen LogP contribution in [-0.4, -0.2) is 30.3 Å². The van der Waals surface area contributed by atoms with Gasteiger partial charge in [-0.25, -0.2) is 0 Å². The Balaban J connectivity index is 2.65. The Morgan fingerprint density at radius 2 is 2.12 bits per heavy atom. The molecule has 0 aliphatic heterocycles. The summed E-state index contributed by atoms with van der Waals surface area (Å²) >= 11 is 1.84. The Morgan fingerprint density at radius 3 is 2.71 bits per heavy atom. The van der Waals surface area contributed by atoms with Gasteiger partial charge in [-0.1, -0.05) is 13.0 Å². The Labute approximate surface area is 107 Å². The molecule has 96 valence electrons. The molecule has 0 unspecified atom stereocenters. The van der Waals surface area contributed by atoms with Crippen molar-refractivity contribution in [1.82, 2.24) is 0 Å². The van der Waals surface area contributed by atoms with E-state index in [4.69, 9.17) is 9.47 Å². The van der Waals surface area contributed by atoms with Crippen molar-refractivity contribution in [1.29, 1.82) is 0 Å². The van der Waals surface area contributed by atoms with Crippen molar-refractivity contribution < 1.29 is 14.6 Å². The summed E-state index contributed by atoms with van der Waals surface area (Å²) in [6, 6.07) is 5.51. The Kier molecular flexibility index (Phi) is 6.22. The minimum Gasteiger partial charge on any atom is -0.493 e. The number of rotatable bonds is 7. The van der Waals surface area contributed by atoms with Gasteiger partial charge < -0.3 is 14.6 Å². The number of aliphatic hydroxyl groups is 1. The Bertz CT molecular complexity index is 339. The standard InChI is InChI=1S/C13H20O3S/c1-4-17-8-7-16-12-6-5-11(10(2)14)9-13(12)15-3/h5-6,9-10,14H,4,7-8H2,1-3H3/t10-/m1/s1. The Morgan fingerprint density at radius 1 is 1.35 bits per heavy atom. The molecule has 0 fully saturated rings. The first-order valence-corrected chi connectivity index (χ1v) is 6.91. The van der Waals surface area contributed by atoms with Crippen LogP contribution in [0.25, 0.3) is 0 Å². The van der Waals surface area contributed by atoms with Crippen LogP contribution in [0.4, 0.5) is 0 Å². The monoisotopic (exact) mass is 256 g/mol. The first-order valence-electron chi connectivity index (χ1n) is 5.75. The van der Waals surface area contributed by atoms with E-state index in [9.17, 15) is 5.11 Å². The summed E-state index contributed by atoms with van der Waals surface area (Å²) in [5.41, 5.74) is 0.831. The van der Waals surface area contributed by atoms with Gasteiger partial charge in [-0.05, 0) is 30.4 Å². The van der Waals surface area contributed by atoms with Crippen LogP contribution in [-0.2, 0) is 0 Å². The van der Waals surface area contributed by atoms with Gasteiger partial charge in [0.2, 0.25) is 0 Å². The molecule has 1 aromatic rings. The van der Waals surface area contributed by atoms with E-state index in [0.29, 0.717) is 12.4 Å². The highest BCUT2D eigenvalue weighted by atomic mass is 32.2. The van der Waals surface area contributed by atoms with Crippen molar-refractivity contribution >= 4 is 11.8 Å². The van der Waals surface area contributed by atoms with Gasteiger partial charge in [0.1, 0.15) is 0 Å². The maximum Gasteiger partial charge on any atom is 0.161 e. The number of methoxy groups -OCH3 is 1. The lowest BCUT2D eigenvalue weighted by Gasteiger charge is -2.13. The molecule has 3 nitrogen and oxygen atoms in total. The lowest BCUT2D eigenvalue weighted by molar-refractivity contribution is 0.198. The van der Waals surface area contributed by atoms with Gasteiger partial charge >= 0.3 is 0 Å². The van der Waals surface area contributed by atoms with E-state index < -0.39 is 6.10 Å². The van der Waals surface area contributed by atoms with E-state index in [0.717, 1.165) is 22.8 Å². The van der Waals surface area contributed by atoms with E-state index in [1.165, 1.54) is 0 Å². The van der Waals surface area contributed by atoms with Crippen LogP contribution in [0.1, 0.15) is 25.5 Å². The maximum absolute atomic E-state index is 9.48. The number of ether oxygens (including phenoxy) is 2. The molecule has 17 heavy (non-hydrogen) atoms. The molecule has 0 saturated carbocycles. The molecule has 0 spiro atoms. The van der Waals surface area contributed by atoms with Crippen LogP contribution in [0.5, 0.6) is 11.5 Å². The third kappa shape index (κ3) is 4.48. The summed E-state index contributed by atoms with van der Waals surface area (Å²) in [6.07, 6.45) is -0.492. The van der Waals surface area contributed by atoms with Crippen molar-refractivity contribution in [2.45, 2.75) is 20.0 Å². The molecule has 0 aliphatic rings. The first-order chi connectivity index (χ1) is 8.19. The second-order valence-electron chi connectivity index (χ2n) is 3.63. The Hall–Kier alpha value is -0.870. The third-order valence-electron chi connectivity index (χ3n) is 2.36. The van der Waals surface area contributed by atoms with E-state index >= 15 is 0 Å². The summed E-state index contributed by atoms with van der Waals surface area (Å²) in [7, 11) is 1.61. The average molecular weight is 256 g/mol. The van der Waals surface area contributed by atoms with E-state index in [1.807, 2.05) is 30.0 Å². The number of thioether (sulfide) groups is 1. The largest absolute Gasteiger partial charge is 0.493 e. The van der Waals surface area contributed by atoms with E-state index in [-0.39, 0.29) is 0 Å². The minimum absolute atomic E-state index is 0.492. The molecule has 0 heterocycles.